The molecular weight excluding hydrogens is 470 g/mol. The zero-order chi connectivity index (χ0) is 23.5. The first-order valence-corrected chi connectivity index (χ1v) is 11.1. The second-order valence-electron chi connectivity index (χ2n) is 8.71. The van der Waals surface area contributed by atoms with E-state index < -0.39 is 0 Å². The molecule has 0 bridgehead atoms. The Labute approximate surface area is 196 Å². The first-order chi connectivity index (χ1) is 15.0. The normalized spacial score (nSPS) is 11.2. The van der Waals surface area contributed by atoms with E-state index >= 15 is 0 Å². The lowest BCUT2D eigenvalue weighted by Crippen LogP contribution is -2.37. The lowest BCUT2D eigenvalue weighted by Gasteiger charge is -2.18. The third kappa shape index (κ3) is 5.76. The number of para-hydroxylation sites is 1. The maximum Gasteiger partial charge on any atom is 0.322 e. The summed E-state index contributed by atoms with van der Waals surface area (Å²) >= 11 is 3.38. The smallest absolute Gasteiger partial charge is 0.318 e. The standard InChI is InChI=1S/C24H28BrN5O2/c1-16-9-6-7-12-19(16)30-21(14-20(28-30)24(2,3)4)27-22(31)15-29(5)23(32)26-18-11-8-10-17(25)13-18/h6-14H,15H2,1-5H3,(H,26,32)(H,27,31). The molecule has 168 valence electrons. The second-order valence-corrected chi connectivity index (χ2v) is 9.62. The van der Waals surface area contributed by atoms with Crippen molar-refractivity contribution in [2.24, 2.45) is 0 Å². The molecule has 0 radical (unpaired) electrons. The van der Waals surface area contributed by atoms with E-state index in [9.17, 15) is 9.59 Å². The average molecular weight is 498 g/mol. The maximum atomic E-state index is 12.8. The number of hydrogen-bond acceptors (Lipinski definition) is 3. The Bertz CT molecular complexity index is 1130. The van der Waals surface area contributed by atoms with Crippen molar-refractivity contribution >= 4 is 39.4 Å². The van der Waals surface area contributed by atoms with Crippen LogP contribution in [-0.2, 0) is 10.2 Å². The Morgan fingerprint density at radius 3 is 2.44 bits per heavy atom. The molecule has 0 saturated carbocycles. The van der Waals surface area contributed by atoms with Crippen LogP contribution in [0.15, 0.2) is 59.1 Å². The number of hydrogen-bond donors (Lipinski definition) is 2. The third-order valence-corrected chi connectivity index (χ3v) is 5.39. The van der Waals surface area contributed by atoms with Gasteiger partial charge in [-0.15, -0.1) is 0 Å². The lowest BCUT2D eigenvalue weighted by molar-refractivity contribution is -0.116. The highest BCUT2D eigenvalue weighted by molar-refractivity contribution is 9.10. The van der Waals surface area contributed by atoms with Gasteiger partial charge < -0.3 is 15.5 Å². The molecule has 32 heavy (non-hydrogen) atoms. The van der Waals surface area contributed by atoms with Crippen LogP contribution >= 0.6 is 15.9 Å². The maximum absolute atomic E-state index is 12.8. The van der Waals surface area contributed by atoms with E-state index in [1.165, 1.54) is 4.90 Å². The number of anilines is 2. The third-order valence-electron chi connectivity index (χ3n) is 4.89. The fraction of sp³-hybridized carbons (Fsp3) is 0.292. The van der Waals surface area contributed by atoms with Crippen LogP contribution in [0.5, 0.6) is 0 Å². The van der Waals surface area contributed by atoms with Crippen LogP contribution in [0.1, 0.15) is 32.0 Å². The Hall–Kier alpha value is -3.13. The van der Waals surface area contributed by atoms with Crippen molar-refractivity contribution < 1.29 is 9.59 Å². The molecule has 0 fully saturated rings. The molecule has 0 aliphatic carbocycles. The van der Waals surface area contributed by atoms with Crippen molar-refractivity contribution in [2.45, 2.75) is 33.1 Å². The number of aromatic nitrogens is 2. The molecule has 3 amide bonds. The van der Waals surface area contributed by atoms with Crippen LogP contribution in [0.3, 0.4) is 0 Å². The number of amides is 3. The van der Waals surface area contributed by atoms with Gasteiger partial charge in [-0.25, -0.2) is 9.48 Å². The van der Waals surface area contributed by atoms with E-state index in [2.05, 4.69) is 47.3 Å². The van der Waals surface area contributed by atoms with Gasteiger partial charge in [0.05, 0.1) is 11.4 Å². The van der Waals surface area contributed by atoms with Crippen LogP contribution < -0.4 is 10.6 Å². The van der Waals surface area contributed by atoms with Crippen molar-refractivity contribution in [3.05, 3.63) is 70.3 Å². The van der Waals surface area contributed by atoms with E-state index in [1.54, 1.807) is 23.9 Å². The molecule has 3 rings (SSSR count). The fourth-order valence-corrected chi connectivity index (χ4v) is 3.48. The molecule has 0 atom stereocenters. The van der Waals surface area contributed by atoms with Crippen molar-refractivity contribution in [2.75, 3.05) is 24.2 Å². The summed E-state index contributed by atoms with van der Waals surface area (Å²) in [5, 5.41) is 10.4. The number of nitrogens with zero attached hydrogens (tertiary/aromatic N) is 3. The van der Waals surface area contributed by atoms with E-state index in [0.717, 1.165) is 21.4 Å². The zero-order valence-corrected chi connectivity index (χ0v) is 20.5. The van der Waals surface area contributed by atoms with Gasteiger partial charge in [-0.3, -0.25) is 4.79 Å². The molecule has 7 nitrogen and oxygen atoms in total. The van der Waals surface area contributed by atoms with Crippen LogP contribution in [-0.4, -0.2) is 40.2 Å². The number of carbonyl (C=O) groups is 2. The Morgan fingerprint density at radius 2 is 1.78 bits per heavy atom. The molecule has 1 aromatic heterocycles. The van der Waals surface area contributed by atoms with Gasteiger partial charge in [-0.2, -0.15) is 5.10 Å². The fourth-order valence-electron chi connectivity index (χ4n) is 3.08. The van der Waals surface area contributed by atoms with E-state index in [1.807, 2.05) is 49.4 Å². The van der Waals surface area contributed by atoms with Gasteiger partial charge in [-0.1, -0.05) is 61.0 Å². The van der Waals surface area contributed by atoms with Crippen LogP contribution in [0.4, 0.5) is 16.3 Å². The van der Waals surface area contributed by atoms with Gasteiger partial charge in [0.1, 0.15) is 12.4 Å². The molecule has 8 heteroatoms. The van der Waals surface area contributed by atoms with Gasteiger partial charge in [0.2, 0.25) is 5.91 Å². The Balaban J connectivity index is 1.76. The molecule has 0 spiro atoms. The van der Waals surface area contributed by atoms with Gasteiger partial charge in [0.15, 0.2) is 0 Å². The second kappa shape index (κ2) is 9.56. The van der Waals surface area contributed by atoms with Crippen molar-refractivity contribution in [3.8, 4) is 5.69 Å². The molecule has 3 aromatic rings. The number of benzene rings is 2. The number of carbonyl (C=O) groups excluding carboxylic acids is 2. The van der Waals surface area contributed by atoms with Crippen molar-refractivity contribution in [3.63, 3.8) is 0 Å². The van der Waals surface area contributed by atoms with Crippen molar-refractivity contribution in [1.29, 1.82) is 0 Å². The minimum absolute atomic E-state index is 0.108. The molecule has 0 aliphatic heterocycles. The summed E-state index contributed by atoms with van der Waals surface area (Å²) in [4.78, 5) is 26.6. The number of rotatable bonds is 5. The predicted octanol–water partition coefficient (Wildman–Crippen LogP) is 5.34. The highest BCUT2D eigenvalue weighted by Gasteiger charge is 2.22. The van der Waals surface area contributed by atoms with Gasteiger partial charge >= 0.3 is 6.03 Å². The molecule has 0 aliphatic rings. The summed E-state index contributed by atoms with van der Waals surface area (Å²) in [6, 6.07) is 16.6. The minimum atomic E-state index is -0.374. The number of likely N-dealkylation sites (N-methyl/N-ethyl adjacent to an activating group) is 1. The summed E-state index contributed by atoms with van der Waals surface area (Å²) < 4.78 is 2.60. The summed E-state index contributed by atoms with van der Waals surface area (Å²) in [7, 11) is 1.58. The van der Waals surface area contributed by atoms with Crippen molar-refractivity contribution in [1.82, 2.24) is 14.7 Å². The van der Waals surface area contributed by atoms with Gasteiger partial charge in [-0.05, 0) is 36.8 Å². The minimum Gasteiger partial charge on any atom is -0.318 e. The monoisotopic (exact) mass is 497 g/mol. The summed E-state index contributed by atoms with van der Waals surface area (Å²) in [6.45, 7) is 8.11. The lowest BCUT2D eigenvalue weighted by atomic mass is 9.92. The summed E-state index contributed by atoms with van der Waals surface area (Å²) in [6.07, 6.45) is 0. The number of nitrogens with one attached hydrogen (secondary N) is 2. The number of halogens is 1. The highest BCUT2D eigenvalue weighted by Crippen LogP contribution is 2.27. The number of urea groups is 1. The van der Waals surface area contributed by atoms with Gasteiger partial charge in [0, 0.05) is 28.7 Å². The first-order valence-electron chi connectivity index (χ1n) is 10.3. The van der Waals surface area contributed by atoms with E-state index in [4.69, 9.17) is 5.10 Å². The highest BCUT2D eigenvalue weighted by atomic mass is 79.9. The topological polar surface area (TPSA) is 79.3 Å². The Morgan fingerprint density at radius 1 is 1.06 bits per heavy atom. The van der Waals surface area contributed by atoms with Crippen LogP contribution in [0.2, 0.25) is 0 Å². The van der Waals surface area contributed by atoms with E-state index in [0.29, 0.717) is 11.5 Å². The molecule has 2 N–H and O–H groups in total. The quantitative estimate of drug-likeness (QED) is 0.498. The molecule has 0 unspecified atom stereocenters. The van der Waals surface area contributed by atoms with E-state index in [-0.39, 0.29) is 23.9 Å². The first kappa shape index (κ1) is 23.5. The SMILES string of the molecule is Cc1ccccc1-n1nc(C(C)(C)C)cc1NC(=O)CN(C)C(=O)Nc1cccc(Br)c1. The molecule has 0 saturated heterocycles. The summed E-state index contributed by atoms with van der Waals surface area (Å²) in [5.41, 5.74) is 3.24. The molecular formula is C24H28BrN5O2. The zero-order valence-electron chi connectivity index (χ0n) is 18.9. The van der Waals surface area contributed by atoms with Crippen LogP contribution in [0, 0.1) is 6.92 Å². The molecule has 1 heterocycles. The van der Waals surface area contributed by atoms with Gasteiger partial charge in [0.25, 0.3) is 0 Å². The number of aryl methyl sites for hydroxylation is 1. The van der Waals surface area contributed by atoms with Crippen LogP contribution in [0.25, 0.3) is 5.69 Å². The predicted molar refractivity (Wildman–Crippen MR) is 131 cm³/mol. The largest absolute Gasteiger partial charge is 0.322 e. The molecule has 2 aromatic carbocycles. The summed E-state index contributed by atoms with van der Waals surface area (Å²) in [5.74, 6) is 0.252. The average Bonchev–Trinajstić information content (AvgIpc) is 3.12. The Kier molecular flexibility index (Phi) is 7.03.